The van der Waals surface area contributed by atoms with Gasteiger partial charge in [-0.15, -0.1) is 11.8 Å². The van der Waals surface area contributed by atoms with Crippen LogP contribution < -0.4 is 16.0 Å². The molecule has 1 aliphatic heterocycles. The van der Waals surface area contributed by atoms with Crippen LogP contribution in [0.2, 0.25) is 5.15 Å². The van der Waals surface area contributed by atoms with Crippen LogP contribution in [-0.4, -0.2) is 61.7 Å². The average molecular weight is 489 g/mol. The molecule has 0 bridgehead atoms. The number of carbonyl (C=O) groups excluding carboxylic acids is 1. The van der Waals surface area contributed by atoms with E-state index >= 15 is 0 Å². The van der Waals surface area contributed by atoms with E-state index in [2.05, 4.69) is 15.3 Å². The van der Waals surface area contributed by atoms with Crippen molar-refractivity contribution in [1.82, 2.24) is 9.29 Å². The van der Waals surface area contributed by atoms with E-state index in [1.165, 1.54) is 26.0 Å². The normalized spacial score (nSPS) is 18.2. The fourth-order valence-corrected chi connectivity index (χ4v) is 6.38. The van der Waals surface area contributed by atoms with Gasteiger partial charge in [0.1, 0.15) is 0 Å². The van der Waals surface area contributed by atoms with Gasteiger partial charge in [-0.05, 0) is 30.7 Å². The lowest BCUT2D eigenvalue weighted by molar-refractivity contribution is 0.258. The van der Waals surface area contributed by atoms with E-state index in [0.29, 0.717) is 5.69 Å². The van der Waals surface area contributed by atoms with Crippen molar-refractivity contribution in [1.29, 1.82) is 0 Å². The van der Waals surface area contributed by atoms with Gasteiger partial charge in [-0.25, -0.2) is 27.5 Å². The zero-order valence-corrected chi connectivity index (χ0v) is 19.7. The second-order valence-corrected chi connectivity index (χ2v) is 11.4. The van der Waals surface area contributed by atoms with Crippen LogP contribution in [0.5, 0.6) is 0 Å². The largest absolute Gasteiger partial charge is 0.327 e. The Morgan fingerprint density at radius 1 is 1.30 bits per heavy atom. The van der Waals surface area contributed by atoms with Crippen LogP contribution in [-0.2, 0) is 10.0 Å². The van der Waals surface area contributed by atoms with Crippen molar-refractivity contribution in [3.8, 4) is 0 Å². The summed E-state index contributed by atoms with van der Waals surface area (Å²) < 4.78 is 25.5. The van der Waals surface area contributed by atoms with E-state index in [1.807, 2.05) is 0 Å². The molecule has 0 saturated carbocycles. The Hall–Kier alpha value is -1.70. The molecule has 1 aromatic carbocycles. The van der Waals surface area contributed by atoms with E-state index in [1.54, 1.807) is 36.0 Å². The molecule has 1 unspecified atom stereocenters. The van der Waals surface area contributed by atoms with Crippen LogP contribution in [0.4, 0.5) is 21.3 Å². The van der Waals surface area contributed by atoms with Crippen LogP contribution in [0.15, 0.2) is 33.5 Å². The molecule has 1 saturated heterocycles. The smallest absolute Gasteiger partial charge is 0.322 e. The molecule has 3 N–H and O–H groups in total. The predicted octanol–water partition coefficient (Wildman–Crippen LogP) is 3.21. The summed E-state index contributed by atoms with van der Waals surface area (Å²) in [7, 11) is 0.530. The van der Waals surface area contributed by atoms with Gasteiger partial charge in [0.25, 0.3) is 10.0 Å². The first kappa shape index (κ1) is 23.0. The molecule has 2 aromatic rings. The summed E-state index contributed by atoms with van der Waals surface area (Å²) in [5.74, 6) is 0.971. The van der Waals surface area contributed by atoms with Crippen molar-refractivity contribution < 1.29 is 13.2 Å². The zero-order chi connectivity index (χ0) is 22.1. The number of urea groups is 1. The number of halogens is 1. The highest BCUT2D eigenvalue weighted by molar-refractivity contribution is 8.14. The van der Waals surface area contributed by atoms with E-state index in [9.17, 15) is 13.2 Å². The number of anilines is 2. The third-order valence-electron chi connectivity index (χ3n) is 4.21. The molecule has 2 amide bonds. The molecule has 162 valence electrons. The van der Waals surface area contributed by atoms with Crippen molar-refractivity contribution >= 4 is 72.3 Å². The lowest BCUT2D eigenvalue weighted by Gasteiger charge is -2.15. The quantitative estimate of drug-likeness (QED) is 0.666. The summed E-state index contributed by atoms with van der Waals surface area (Å²) in [6.07, 6.45) is 0.919. The maximum absolute atomic E-state index is 12.6. The van der Waals surface area contributed by atoms with Gasteiger partial charge in [-0.3, -0.25) is 4.90 Å². The molecular formula is C17H21ClN6O3S3. The number of hydrogen-bond donors (Lipinski definition) is 2. The number of thiazole rings is 1. The molecule has 2 heterocycles. The minimum Gasteiger partial charge on any atom is -0.322 e. The zero-order valence-electron chi connectivity index (χ0n) is 16.5. The van der Waals surface area contributed by atoms with E-state index in [4.69, 9.17) is 17.3 Å². The predicted molar refractivity (Wildman–Crippen MR) is 124 cm³/mol. The number of benzene rings is 1. The number of carbonyl (C=O) groups is 1. The molecule has 0 aliphatic carbocycles. The Morgan fingerprint density at radius 2 is 1.97 bits per heavy atom. The minimum atomic E-state index is -3.75. The van der Waals surface area contributed by atoms with Crippen LogP contribution in [0.3, 0.4) is 0 Å². The maximum Gasteiger partial charge on any atom is 0.327 e. The van der Waals surface area contributed by atoms with Crippen LogP contribution >= 0.6 is 34.7 Å². The summed E-state index contributed by atoms with van der Waals surface area (Å²) in [4.78, 5) is 22.3. The van der Waals surface area contributed by atoms with Crippen LogP contribution in [0.1, 0.15) is 6.42 Å². The molecule has 3 rings (SSSR count). The molecule has 1 atom stereocenters. The standard InChI is InChI=1S/C17H21ClN6O3S3/c1-23(2)30(26,27)15-13(18)22-17(29-15)24(3)16(25)21-11-6-4-10(5-7-11)20-14-12(19)8-9-28-14/h4-7,12H,8-9,19H2,1-3H3,(H,21,25). The second kappa shape index (κ2) is 9.20. The van der Waals surface area contributed by atoms with Gasteiger partial charge in [0, 0.05) is 32.6 Å². The van der Waals surface area contributed by atoms with Crippen molar-refractivity contribution in [3.05, 3.63) is 29.4 Å². The Bertz CT molecular complexity index is 1070. The molecule has 13 heteroatoms. The van der Waals surface area contributed by atoms with Gasteiger partial charge in [0.05, 0.1) is 16.8 Å². The first-order chi connectivity index (χ1) is 14.1. The van der Waals surface area contributed by atoms with Crippen molar-refractivity contribution in [2.24, 2.45) is 10.7 Å². The van der Waals surface area contributed by atoms with Crippen molar-refractivity contribution in [3.63, 3.8) is 0 Å². The summed E-state index contributed by atoms with van der Waals surface area (Å²) in [6, 6.07) is 6.53. The van der Waals surface area contributed by atoms with Gasteiger partial charge >= 0.3 is 6.03 Å². The molecule has 1 aliphatic rings. The van der Waals surface area contributed by atoms with Crippen molar-refractivity contribution in [2.75, 3.05) is 37.1 Å². The number of amides is 2. The monoisotopic (exact) mass is 488 g/mol. The van der Waals surface area contributed by atoms with Crippen LogP contribution in [0.25, 0.3) is 0 Å². The Balaban J connectivity index is 1.70. The molecular weight excluding hydrogens is 468 g/mol. The molecule has 1 aromatic heterocycles. The molecule has 30 heavy (non-hydrogen) atoms. The first-order valence-corrected chi connectivity index (χ1v) is 12.4. The topological polar surface area (TPSA) is 121 Å². The second-order valence-electron chi connectivity index (χ2n) is 6.59. The summed E-state index contributed by atoms with van der Waals surface area (Å²) in [5.41, 5.74) is 7.31. The number of sulfonamides is 1. The Labute approximate surface area is 188 Å². The van der Waals surface area contributed by atoms with Gasteiger partial charge < -0.3 is 11.1 Å². The third-order valence-corrected chi connectivity index (χ3v) is 9.27. The molecule has 1 fully saturated rings. The number of nitrogens with zero attached hydrogens (tertiary/aromatic N) is 4. The number of aromatic nitrogens is 1. The van der Waals surface area contributed by atoms with E-state index in [-0.39, 0.29) is 20.5 Å². The van der Waals surface area contributed by atoms with Gasteiger partial charge in [0.15, 0.2) is 14.5 Å². The number of nitrogens with two attached hydrogens (primary N) is 1. The SMILES string of the molecule is CN(C(=O)Nc1ccc(N=C2SCCC2N)cc1)c1nc(Cl)c(S(=O)(=O)N(C)C)s1. The van der Waals surface area contributed by atoms with Gasteiger partial charge in [0.2, 0.25) is 0 Å². The molecule has 0 spiro atoms. The summed E-state index contributed by atoms with van der Waals surface area (Å²) in [6.45, 7) is 0. The van der Waals surface area contributed by atoms with Crippen molar-refractivity contribution in [2.45, 2.75) is 16.7 Å². The van der Waals surface area contributed by atoms with Gasteiger partial charge in [-0.1, -0.05) is 22.9 Å². The average Bonchev–Trinajstić information content (AvgIpc) is 3.28. The summed E-state index contributed by atoms with van der Waals surface area (Å²) >= 11 is 8.47. The molecule has 9 nitrogen and oxygen atoms in total. The number of rotatable bonds is 5. The number of aliphatic imine (C=N–C) groups is 1. The lowest BCUT2D eigenvalue weighted by Crippen LogP contribution is -2.31. The third kappa shape index (κ3) is 4.95. The minimum absolute atomic E-state index is 0.0191. The highest BCUT2D eigenvalue weighted by Gasteiger charge is 2.27. The van der Waals surface area contributed by atoms with Crippen LogP contribution in [0, 0.1) is 0 Å². The first-order valence-electron chi connectivity index (χ1n) is 8.80. The van der Waals surface area contributed by atoms with E-state index in [0.717, 1.165) is 38.5 Å². The number of thioether (sulfide) groups is 1. The fraction of sp³-hybridized carbons (Fsp3) is 0.353. The number of nitrogens with one attached hydrogen (secondary N) is 1. The highest BCUT2D eigenvalue weighted by Crippen LogP contribution is 2.34. The van der Waals surface area contributed by atoms with E-state index < -0.39 is 16.1 Å². The molecule has 0 radical (unpaired) electrons. The highest BCUT2D eigenvalue weighted by atomic mass is 35.5. The fourth-order valence-electron chi connectivity index (χ4n) is 2.42. The maximum atomic E-state index is 12.6. The van der Waals surface area contributed by atoms with Gasteiger partial charge in [-0.2, -0.15) is 0 Å². The Kier molecular flexibility index (Phi) is 7.05. The summed E-state index contributed by atoms with van der Waals surface area (Å²) in [5, 5.41) is 3.63. The lowest BCUT2D eigenvalue weighted by atomic mass is 10.2. The Morgan fingerprint density at radius 3 is 2.53 bits per heavy atom. The number of hydrogen-bond acceptors (Lipinski definition) is 8.